The first-order chi connectivity index (χ1) is 8.06. The van der Waals surface area contributed by atoms with Crippen LogP contribution in [-0.2, 0) is 0 Å². The van der Waals surface area contributed by atoms with Gasteiger partial charge in [-0.3, -0.25) is 0 Å². The molecule has 0 saturated heterocycles. The van der Waals surface area contributed by atoms with Gasteiger partial charge < -0.3 is 11.5 Å². The largest absolute Gasteiger partial charge is 0.328 e. The molecule has 1 aromatic rings. The lowest BCUT2D eigenvalue weighted by Crippen LogP contribution is -2.41. The average molecular weight is 250 g/mol. The second-order valence-corrected chi connectivity index (χ2v) is 6.90. The highest BCUT2D eigenvalue weighted by Crippen LogP contribution is 2.36. The van der Waals surface area contributed by atoms with E-state index >= 15 is 0 Å². The van der Waals surface area contributed by atoms with Gasteiger partial charge in [0.15, 0.2) is 0 Å². The first-order valence-corrected chi connectivity index (χ1v) is 7.22. The minimum absolute atomic E-state index is 0.160. The number of hydrogen-bond donors (Lipinski definition) is 2. The van der Waals surface area contributed by atoms with Crippen molar-refractivity contribution < 1.29 is 0 Å². The van der Waals surface area contributed by atoms with Gasteiger partial charge in [-0.15, -0.1) is 11.8 Å². The molecule has 1 aliphatic rings. The van der Waals surface area contributed by atoms with Gasteiger partial charge in [-0.25, -0.2) is 0 Å². The van der Waals surface area contributed by atoms with Crippen LogP contribution in [-0.4, -0.2) is 11.3 Å². The van der Waals surface area contributed by atoms with Crippen molar-refractivity contribution in [3.8, 4) is 0 Å². The average Bonchev–Trinajstić information content (AvgIpc) is 2.24. The molecule has 1 saturated carbocycles. The van der Waals surface area contributed by atoms with Crippen LogP contribution in [0.4, 0.5) is 0 Å². The van der Waals surface area contributed by atoms with E-state index in [1.807, 2.05) is 11.8 Å². The standard InChI is InChI=1S/C14H22N2S/c1-9(2)17-13-5-3-10(4-6-13)14(16)11-7-12(15)8-11/h3-6,9,11-12,14H,7-8,15-16H2,1-2H3. The fourth-order valence-corrected chi connectivity index (χ4v) is 3.15. The molecule has 0 bridgehead atoms. The zero-order valence-electron chi connectivity index (χ0n) is 10.6. The summed E-state index contributed by atoms with van der Waals surface area (Å²) >= 11 is 1.89. The Morgan fingerprint density at radius 3 is 2.24 bits per heavy atom. The smallest absolute Gasteiger partial charge is 0.0324 e. The Morgan fingerprint density at radius 2 is 1.76 bits per heavy atom. The van der Waals surface area contributed by atoms with E-state index in [4.69, 9.17) is 11.5 Å². The Morgan fingerprint density at radius 1 is 1.18 bits per heavy atom. The van der Waals surface area contributed by atoms with Gasteiger partial charge in [0.2, 0.25) is 0 Å². The van der Waals surface area contributed by atoms with Crippen LogP contribution in [0.25, 0.3) is 0 Å². The quantitative estimate of drug-likeness (QED) is 0.808. The maximum atomic E-state index is 6.25. The topological polar surface area (TPSA) is 52.0 Å². The molecule has 4 N–H and O–H groups in total. The van der Waals surface area contributed by atoms with Crippen LogP contribution in [0, 0.1) is 5.92 Å². The van der Waals surface area contributed by atoms with Crippen molar-refractivity contribution in [3.05, 3.63) is 29.8 Å². The summed E-state index contributed by atoms with van der Waals surface area (Å²) in [7, 11) is 0. The van der Waals surface area contributed by atoms with Crippen molar-refractivity contribution in [2.24, 2.45) is 17.4 Å². The summed E-state index contributed by atoms with van der Waals surface area (Å²) in [6, 6.07) is 9.23. The molecule has 1 atom stereocenters. The van der Waals surface area contributed by atoms with Gasteiger partial charge in [0.1, 0.15) is 0 Å². The first kappa shape index (κ1) is 12.9. The summed E-state index contributed by atoms with van der Waals surface area (Å²) in [5, 5.41) is 0.624. The third kappa shape index (κ3) is 3.24. The predicted octanol–water partition coefficient (Wildman–Crippen LogP) is 2.92. The fraction of sp³-hybridized carbons (Fsp3) is 0.571. The molecule has 0 aromatic heterocycles. The van der Waals surface area contributed by atoms with Gasteiger partial charge in [-0.05, 0) is 36.5 Å². The summed E-state index contributed by atoms with van der Waals surface area (Å²) in [6.07, 6.45) is 2.15. The molecule has 0 spiro atoms. The molecule has 0 heterocycles. The lowest BCUT2D eigenvalue weighted by Gasteiger charge is -2.37. The van der Waals surface area contributed by atoms with E-state index in [0.717, 1.165) is 12.8 Å². The van der Waals surface area contributed by atoms with Crippen molar-refractivity contribution in [2.75, 3.05) is 0 Å². The van der Waals surface area contributed by atoms with Crippen molar-refractivity contribution in [2.45, 2.75) is 48.9 Å². The zero-order valence-corrected chi connectivity index (χ0v) is 11.4. The Bertz CT molecular complexity index is 355. The minimum atomic E-state index is 0.160. The molecule has 2 nitrogen and oxygen atoms in total. The van der Waals surface area contributed by atoms with Gasteiger partial charge in [0.25, 0.3) is 0 Å². The van der Waals surface area contributed by atoms with Crippen LogP contribution in [0.1, 0.15) is 38.3 Å². The molecule has 94 valence electrons. The lowest BCUT2D eigenvalue weighted by molar-refractivity contribution is 0.224. The summed E-state index contributed by atoms with van der Waals surface area (Å²) in [4.78, 5) is 1.32. The van der Waals surface area contributed by atoms with E-state index in [1.54, 1.807) is 0 Å². The van der Waals surface area contributed by atoms with Gasteiger partial charge in [-0.2, -0.15) is 0 Å². The Balaban J connectivity index is 1.97. The molecule has 0 aliphatic heterocycles. The molecule has 2 rings (SSSR count). The monoisotopic (exact) mass is 250 g/mol. The molecule has 1 aromatic carbocycles. The molecule has 1 aliphatic carbocycles. The van der Waals surface area contributed by atoms with Gasteiger partial charge >= 0.3 is 0 Å². The molecular formula is C14H22N2S. The first-order valence-electron chi connectivity index (χ1n) is 6.34. The predicted molar refractivity (Wildman–Crippen MR) is 75.1 cm³/mol. The molecule has 1 unspecified atom stereocenters. The van der Waals surface area contributed by atoms with Crippen molar-refractivity contribution in [1.82, 2.24) is 0 Å². The SMILES string of the molecule is CC(C)Sc1ccc(C(N)C2CC(N)C2)cc1. The molecule has 3 heteroatoms. The third-order valence-corrected chi connectivity index (χ3v) is 4.37. The Hall–Kier alpha value is -0.510. The van der Waals surface area contributed by atoms with E-state index in [2.05, 4.69) is 38.1 Å². The number of benzene rings is 1. The lowest BCUT2D eigenvalue weighted by atomic mass is 9.74. The molecule has 0 radical (unpaired) electrons. The Labute approximate surface area is 108 Å². The summed E-state index contributed by atoms with van der Waals surface area (Å²) in [5.41, 5.74) is 13.3. The van der Waals surface area contributed by atoms with Gasteiger partial charge in [0, 0.05) is 22.2 Å². The number of rotatable bonds is 4. The van der Waals surface area contributed by atoms with Crippen molar-refractivity contribution >= 4 is 11.8 Å². The van der Waals surface area contributed by atoms with E-state index < -0.39 is 0 Å². The Kier molecular flexibility index (Phi) is 4.13. The highest BCUT2D eigenvalue weighted by molar-refractivity contribution is 7.99. The minimum Gasteiger partial charge on any atom is -0.328 e. The summed E-state index contributed by atoms with van der Waals surface area (Å²) in [6.45, 7) is 4.42. The maximum absolute atomic E-state index is 6.25. The van der Waals surface area contributed by atoms with Crippen LogP contribution in [0.2, 0.25) is 0 Å². The number of thioether (sulfide) groups is 1. The summed E-state index contributed by atoms with van der Waals surface area (Å²) in [5.74, 6) is 0.577. The maximum Gasteiger partial charge on any atom is 0.0324 e. The highest BCUT2D eigenvalue weighted by Gasteiger charge is 2.31. The van der Waals surface area contributed by atoms with E-state index in [1.165, 1.54) is 10.5 Å². The third-order valence-electron chi connectivity index (χ3n) is 3.36. The van der Waals surface area contributed by atoms with Crippen LogP contribution in [0.3, 0.4) is 0 Å². The van der Waals surface area contributed by atoms with Crippen LogP contribution >= 0.6 is 11.8 Å². The molecule has 1 fully saturated rings. The highest BCUT2D eigenvalue weighted by atomic mass is 32.2. The number of hydrogen-bond acceptors (Lipinski definition) is 3. The molecule has 17 heavy (non-hydrogen) atoms. The normalized spacial score (nSPS) is 25.7. The van der Waals surface area contributed by atoms with Crippen molar-refractivity contribution in [3.63, 3.8) is 0 Å². The molecule has 0 amide bonds. The molecular weight excluding hydrogens is 228 g/mol. The van der Waals surface area contributed by atoms with Crippen LogP contribution in [0.15, 0.2) is 29.2 Å². The summed E-state index contributed by atoms with van der Waals surface area (Å²) < 4.78 is 0. The second-order valence-electron chi connectivity index (χ2n) is 5.25. The van der Waals surface area contributed by atoms with Gasteiger partial charge in [-0.1, -0.05) is 26.0 Å². The van der Waals surface area contributed by atoms with E-state index in [0.29, 0.717) is 17.2 Å². The van der Waals surface area contributed by atoms with Crippen LogP contribution < -0.4 is 11.5 Å². The van der Waals surface area contributed by atoms with E-state index in [-0.39, 0.29) is 6.04 Å². The van der Waals surface area contributed by atoms with Crippen molar-refractivity contribution in [1.29, 1.82) is 0 Å². The fourth-order valence-electron chi connectivity index (χ4n) is 2.31. The zero-order chi connectivity index (χ0) is 12.4. The second kappa shape index (κ2) is 5.42. The van der Waals surface area contributed by atoms with Gasteiger partial charge in [0.05, 0.1) is 0 Å². The number of nitrogens with two attached hydrogens (primary N) is 2. The van der Waals surface area contributed by atoms with Crippen LogP contribution in [0.5, 0.6) is 0 Å². The van der Waals surface area contributed by atoms with E-state index in [9.17, 15) is 0 Å².